The number of hydrogen-bond donors (Lipinski definition) is 1. The molecule has 3 aromatic carbocycles. The molecule has 0 fully saturated rings. The van der Waals surface area contributed by atoms with Crippen LogP contribution < -0.4 is 19.7 Å². The highest BCUT2D eigenvalue weighted by molar-refractivity contribution is 5.99. The van der Waals surface area contributed by atoms with Gasteiger partial charge in [0.05, 0.1) is 32.5 Å². The summed E-state index contributed by atoms with van der Waals surface area (Å²) < 4.78 is 66.4. The third kappa shape index (κ3) is 4.96. The van der Waals surface area contributed by atoms with Crippen molar-refractivity contribution in [3.63, 3.8) is 0 Å². The lowest BCUT2D eigenvalue weighted by molar-refractivity contribution is 0.0950. The molecular weight excluding hydrogens is 506 g/mol. The van der Waals surface area contributed by atoms with Crippen LogP contribution in [0.1, 0.15) is 40.0 Å². The number of carbonyl (C=O) groups excluding carboxylic acids is 2. The fourth-order valence-electron chi connectivity index (χ4n) is 4.29. The van der Waals surface area contributed by atoms with Crippen LogP contribution in [0.3, 0.4) is 0 Å². The number of ether oxygens (including phenoxy) is 2. The number of urea groups is 1. The zero-order valence-corrected chi connectivity index (χ0v) is 21.1. The molecular formula is C27H25F4N3O4. The number of halogens is 4. The van der Waals surface area contributed by atoms with Crippen molar-refractivity contribution in [2.75, 3.05) is 26.2 Å². The third-order valence-electron chi connectivity index (χ3n) is 6.56. The van der Waals surface area contributed by atoms with Crippen LogP contribution in [0.5, 0.6) is 11.5 Å². The van der Waals surface area contributed by atoms with E-state index in [0.717, 1.165) is 6.07 Å². The first-order valence-electron chi connectivity index (χ1n) is 11.6. The van der Waals surface area contributed by atoms with Gasteiger partial charge in [-0.2, -0.15) is 0 Å². The number of methoxy groups -OCH3 is 2. The number of fused-ring (bicyclic) bond motifs is 1. The summed E-state index contributed by atoms with van der Waals surface area (Å²) in [6.07, 6.45) is 0. The van der Waals surface area contributed by atoms with Crippen LogP contribution >= 0.6 is 0 Å². The van der Waals surface area contributed by atoms with Crippen LogP contribution in [0, 0.1) is 23.3 Å². The van der Waals surface area contributed by atoms with E-state index < -0.39 is 47.3 Å². The van der Waals surface area contributed by atoms with E-state index in [-0.39, 0.29) is 35.2 Å². The summed E-state index contributed by atoms with van der Waals surface area (Å²) in [6.45, 7) is 1.11. The molecule has 11 heteroatoms. The smallest absolute Gasteiger partial charge is 0.325 e. The molecule has 0 bridgehead atoms. The standard InChI is InChI=1S/C27H25F4N3O4/c1-14-18-6-5-15(26(35)32-12-19-21(30)9-17(28)10-22(19)31)7-23(18)34(27(36)33(14)2)13-16-8-24(37-3)25(38-4)11-20(16)29/h5-11,14H,12-13H2,1-4H3,(H,32,35)/t14-/m0/s1. The fraction of sp³-hybridized carbons (Fsp3) is 0.259. The van der Waals surface area contributed by atoms with E-state index in [9.17, 15) is 27.2 Å². The fourth-order valence-corrected chi connectivity index (χ4v) is 4.29. The second-order valence-corrected chi connectivity index (χ2v) is 8.76. The summed E-state index contributed by atoms with van der Waals surface area (Å²) >= 11 is 0. The number of hydrogen-bond acceptors (Lipinski definition) is 4. The summed E-state index contributed by atoms with van der Waals surface area (Å²) in [7, 11) is 4.40. The van der Waals surface area contributed by atoms with E-state index in [1.807, 2.05) is 6.92 Å². The molecule has 0 unspecified atom stereocenters. The van der Waals surface area contributed by atoms with Crippen LogP contribution in [-0.2, 0) is 13.1 Å². The van der Waals surface area contributed by atoms with E-state index >= 15 is 0 Å². The van der Waals surface area contributed by atoms with Crippen molar-refractivity contribution < 1.29 is 36.6 Å². The highest BCUT2D eigenvalue weighted by atomic mass is 19.1. The maximum Gasteiger partial charge on any atom is 0.325 e. The predicted molar refractivity (Wildman–Crippen MR) is 131 cm³/mol. The van der Waals surface area contributed by atoms with Gasteiger partial charge in [0.1, 0.15) is 23.3 Å². The number of benzene rings is 3. The van der Waals surface area contributed by atoms with E-state index in [1.54, 1.807) is 13.1 Å². The van der Waals surface area contributed by atoms with E-state index in [0.29, 0.717) is 23.4 Å². The lowest BCUT2D eigenvalue weighted by Gasteiger charge is -2.39. The first kappa shape index (κ1) is 26.8. The second-order valence-electron chi connectivity index (χ2n) is 8.76. The lowest BCUT2D eigenvalue weighted by atomic mass is 9.98. The first-order valence-corrected chi connectivity index (χ1v) is 11.6. The average molecular weight is 532 g/mol. The number of amides is 3. The van der Waals surface area contributed by atoms with E-state index in [1.165, 1.54) is 42.2 Å². The van der Waals surface area contributed by atoms with Gasteiger partial charge in [-0.1, -0.05) is 6.07 Å². The number of carbonyl (C=O) groups is 2. The molecule has 38 heavy (non-hydrogen) atoms. The normalized spacial score (nSPS) is 14.8. The predicted octanol–water partition coefficient (Wildman–Crippen LogP) is 5.32. The molecule has 0 saturated carbocycles. The SMILES string of the molecule is COc1cc(F)c(CN2C(=O)N(C)[C@@H](C)c3ccc(C(=O)NCc4c(F)cc(F)cc4F)cc32)cc1OC. The Bertz CT molecular complexity index is 1390. The molecule has 0 saturated heterocycles. The second kappa shape index (κ2) is 10.6. The molecule has 0 radical (unpaired) electrons. The summed E-state index contributed by atoms with van der Waals surface area (Å²) in [5.41, 5.74) is 0.853. The molecule has 0 aromatic heterocycles. The van der Waals surface area contributed by atoms with Gasteiger partial charge in [0, 0.05) is 48.5 Å². The van der Waals surface area contributed by atoms with Crippen molar-refractivity contribution in [2.24, 2.45) is 0 Å². The molecule has 200 valence electrons. The average Bonchev–Trinajstić information content (AvgIpc) is 2.89. The Morgan fingerprint density at radius 3 is 2.21 bits per heavy atom. The number of nitrogens with one attached hydrogen (secondary N) is 1. The molecule has 3 aromatic rings. The third-order valence-corrected chi connectivity index (χ3v) is 6.56. The minimum Gasteiger partial charge on any atom is -0.493 e. The molecule has 1 heterocycles. The maximum atomic E-state index is 14.9. The topological polar surface area (TPSA) is 71.1 Å². The van der Waals surface area contributed by atoms with Crippen molar-refractivity contribution in [1.82, 2.24) is 10.2 Å². The van der Waals surface area contributed by atoms with Gasteiger partial charge in [-0.15, -0.1) is 0 Å². The summed E-state index contributed by atoms with van der Waals surface area (Å²) in [6, 6.07) is 7.51. The molecule has 4 rings (SSSR count). The van der Waals surface area contributed by atoms with Gasteiger partial charge in [-0.25, -0.2) is 22.4 Å². The van der Waals surface area contributed by atoms with Crippen molar-refractivity contribution in [2.45, 2.75) is 26.1 Å². The number of rotatable bonds is 7. The minimum atomic E-state index is -1.13. The van der Waals surface area contributed by atoms with E-state index in [2.05, 4.69) is 5.32 Å². The van der Waals surface area contributed by atoms with Crippen LogP contribution in [0.4, 0.5) is 28.0 Å². The Morgan fingerprint density at radius 1 is 0.947 bits per heavy atom. The first-order chi connectivity index (χ1) is 18.0. The van der Waals surface area contributed by atoms with E-state index in [4.69, 9.17) is 9.47 Å². The van der Waals surface area contributed by atoms with Crippen molar-refractivity contribution in [1.29, 1.82) is 0 Å². The monoisotopic (exact) mass is 531 g/mol. The van der Waals surface area contributed by atoms with Gasteiger partial charge in [0.25, 0.3) is 5.91 Å². The zero-order valence-electron chi connectivity index (χ0n) is 21.1. The molecule has 0 aliphatic carbocycles. The van der Waals surface area contributed by atoms with Crippen molar-refractivity contribution in [3.8, 4) is 11.5 Å². The molecule has 1 atom stereocenters. The highest BCUT2D eigenvalue weighted by Crippen LogP contribution is 2.38. The number of anilines is 1. The van der Waals surface area contributed by atoms with Gasteiger partial charge in [-0.3, -0.25) is 9.69 Å². The van der Waals surface area contributed by atoms with Gasteiger partial charge >= 0.3 is 6.03 Å². The maximum absolute atomic E-state index is 14.9. The van der Waals surface area contributed by atoms with Crippen molar-refractivity contribution >= 4 is 17.6 Å². The molecule has 3 amide bonds. The largest absolute Gasteiger partial charge is 0.493 e. The molecule has 7 nitrogen and oxygen atoms in total. The quantitative estimate of drug-likeness (QED) is 0.419. The van der Waals surface area contributed by atoms with Crippen molar-refractivity contribution in [3.05, 3.63) is 88.0 Å². The molecule has 1 aliphatic rings. The summed E-state index contributed by atoms with van der Waals surface area (Å²) in [5, 5.41) is 2.41. The Balaban J connectivity index is 1.66. The van der Waals surface area contributed by atoms with Crippen LogP contribution in [0.2, 0.25) is 0 Å². The molecule has 1 aliphatic heterocycles. The summed E-state index contributed by atoms with van der Waals surface area (Å²) in [5.74, 6) is -4.14. The van der Waals surface area contributed by atoms with Gasteiger partial charge in [-0.05, 0) is 30.7 Å². The molecule has 1 N–H and O–H groups in total. The van der Waals surface area contributed by atoms with Crippen LogP contribution in [0.15, 0.2) is 42.5 Å². The van der Waals surface area contributed by atoms with Gasteiger partial charge in [0.2, 0.25) is 0 Å². The Labute approximate surface area is 216 Å². The Morgan fingerprint density at radius 2 is 1.58 bits per heavy atom. The van der Waals surface area contributed by atoms with Crippen LogP contribution in [-0.4, -0.2) is 38.1 Å². The zero-order chi connectivity index (χ0) is 27.7. The molecule has 0 spiro atoms. The minimum absolute atomic E-state index is 0.106. The van der Waals surface area contributed by atoms with Gasteiger partial charge in [0.15, 0.2) is 11.5 Å². The highest BCUT2D eigenvalue weighted by Gasteiger charge is 2.34. The Kier molecular flexibility index (Phi) is 7.47. The lowest BCUT2D eigenvalue weighted by Crippen LogP contribution is -2.46. The van der Waals surface area contributed by atoms with Gasteiger partial charge < -0.3 is 19.7 Å². The summed E-state index contributed by atoms with van der Waals surface area (Å²) in [4.78, 5) is 28.9. The Hall–Kier alpha value is -4.28. The van der Waals surface area contributed by atoms with Crippen LogP contribution in [0.25, 0.3) is 0 Å². The number of nitrogens with zero attached hydrogens (tertiary/aromatic N) is 2.